The molecular formula is C16H22N2OS. The second-order valence-corrected chi connectivity index (χ2v) is 6.71. The maximum atomic E-state index is 10.2. The van der Waals surface area contributed by atoms with E-state index in [1.165, 1.54) is 10.4 Å². The molecule has 2 rings (SSSR count). The van der Waals surface area contributed by atoms with Gasteiger partial charge in [-0.3, -0.25) is 0 Å². The third-order valence-corrected chi connectivity index (χ3v) is 4.66. The number of aliphatic hydroxyl groups is 1. The minimum atomic E-state index is -0.681. The Bertz CT molecular complexity index is 534. The fraction of sp³-hybridized carbons (Fsp3) is 0.438. The molecule has 2 aromatic rings. The summed E-state index contributed by atoms with van der Waals surface area (Å²) in [5, 5.41) is 14.5. The topological polar surface area (TPSA) is 45.1 Å². The summed E-state index contributed by atoms with van der Waals surface area (Å²) in [4.78, 5) is 5.61. The molecule has 1 atom stereocenters. The molecule has 3 nitrogen and oxygen atoms in total. The highest BCUT2D eigenvalue weighted by molar-refractivity contribution is 7.15. The average Bonchev–Trinajstić information content (AvgIpc) is 2.88. The SMILES string of the molecule is CC(C)C(C)(O)CNCc1ncc(-c2ccccc2)s1. The molecule has 1 heterocycles. The molecule has 0 bridgehead atoms. The number of rotatable bonds is 6. The lowest BCUT2D eigenvalue weighted by molar-refractivity contribution is 0.0140. The van der Waals surface area contributed by atoms with Gasteiger partial charge in [-0.25, -0.2) is 4.98 Å². The third kappa shape index (κ3) is 3.88. The zero-order valence-corrected chi connectivity index (χ0v) is 13.1. The number of hydrogen-bond acceptors (Lipinski definition) is 4. The molecule has 1 unspecified atom stereocenters. The quantitative estimate of drug-likeness (QED) is 0.858. The molecule has 0 saturated heterocycles. The first-order valence-electron chi connectivity index (χ1n) is 6.92. The van der Waals surface area contributed by atoms with Crippen molar-refractivity contribution in [2.45, 2.75) is 32.9 Å². The molecule has 0 fully saturated rings. The van der Waals surface area contributed by atoms with E-state index in [0.29, 0.717) is 13.1 Å². The van der Waals surface area contributed by atoms with E-state index in [0.717, 1.165) is 5.01 Å². The number of hydrogen-bond donors (Lipinski definition) is 2. The molecule has 0 amide bonds. The smallest absolute Gasteiger partial charge is 0.107 e. The van der Waals surface area contributed by atoms with Crippen molar-refractivity contribution < 1.29 is 5.11 Å². The van der Waals surface area contributed by atoms with Crippen LogP contribution in [0.2, 0.25) is 0 Å². The molecule has 0 radical (unpaired) electrons. The van der Waals surface area contributed by atoms with E-state index in [2.05, 4.69) is 22.4 Å². The van der Waals surface area contributed by atoms with Crippen LogP contribution in [0.5, 0.6) is 0 Å². The van der Waals surface area contributed by atoms with Crippen LogP contribution in [0.3, 0.4) is 0 Å². The van der Waals surface area contributed by atoms with E-state index in [1.54, 1.807) is 11.3 Å². The van der Waals surface area contributed by atoms with E-state index in [1.807, 2.05) is 45.2 Å². The first kappa shape index (κ1) is 15.2. The first-order valence-corrected chi connectivity index (χ1v) is 7.74. The molecular weight excluding hydrogens is 268 g/mol. The second-order valence-electron chi connectivity index (χ2n) is 5.60. The van der Waals surface area contributed by atoms with Gasteiger partial charge < -0.3 is 10.4 Å². The van der Waals surface area contributed by atoms with Crippen molar-refractivity contribution in [1.82, 2.24) is 10.3 Å². The molecule has 108 valence electrons. The number of nitrogens with zero attached hydrogens (tertiary/aromatic N) is 1. The van der Waals surface area contributed by atoms with Crippen molar-refractivity contribution in [3.63, 3.8) is 0 Å². The van der Waals surface area contributed by atoms with Gasteiger partial charge in [-0.05, 0) is 18.4 Å². The average molecular weight is 290 g/mol. The van der Waals surface area contributed by atoms with Crippen LogP contribution in [0.25, 0.3) is 10.4 Å². The summed E-state index contributed by atoms with van der Waals surface area (Å²) in [7, 11) is 0. The Kier molecular flexibility index (Phi) is 4.91. The van der Waals surface area contributed by atoms with E-state index >= 15 is 0 Å². The Balaban J connectivity index is 1.91. The number of benzene rings is 1. The number of thiazole rings is 1. The molecule has 0 aliphatic heterocycles. The molecule has 0 aliphatic rings. The fourth-order valence-electron chi connectivity index (χ4n) is 1.75. The largest absolute Gasteiger partial charge is 0.389 e. The Morgan fingerprint density at radius 2 is 2.00 bits per heavy atom. The van der Waals surface area contributed by atoms with Crippen molar-refractivity contribution in [1.29, 1.82) is 0 Å². The predicted octanol–water partition coefficient (Wildman–Crippen LogP) is 3.31. The maximum absolute atomic E-state index is 10.2. The van der Waals surface area contributed by atoms with Gasteiger partial charge in [-0.1, -0.05) is 44.2 Å². The number of aromatic nitrogens is 1. The Morgan fingerprint density at radius 1 is 1.30 bits per heavy atom. The highest BCUT2D eigenvalue weighted by atomic mass is 32.1. The molecule has 0 aliphatic carbocycles. The van der Waals surface area contributed by atoms with Crippen molar-refractivity contribution in [2.75, 3.05) is 6.54 Å². The van der Waals surface area contributed by atoms with E-state index < -0.39 is 5.60 Å². The predicted molar refractivity (Wildman–Crippen MR) is 84.7 cm³/mol. The minimum Gasteiger partial charge on any atom is -0.389 e. The molecule has 4 heteroatoms. The van der Waals surface area contributed by atoms with Crippen LogP contribution in [0.1, 0.15) is 25.8 Å². The van der Waals surface area contributed by atoms with Crippen molar-refractivity contribution in [3.8, 4) is 10.4 Å². The van der Waals surface area contributed by atoms with E-state index in [4.69, 9.17) is 0 Å². The van der Waals surface area contributed by atoms with Gasteiger partial charge in [0, 0.05) is 19.3 Å². The Labute approximate surface area is 124 Å². The molecule has 2 N–H and O–H groups in total. The van der Waals surface area contributed by atoms with Gasteiger partial charge in [0.15, 0.2) is 0 Å². The minimum absolute atomic E-state index is 0.228. The van der Waals surface area contributed by atoms with Crippen LogP contribution in [0.4, 0.5) is 0 Å². The second kappa shape index (κ2) is 6.48. The van der Waals surface area contributed by atoms with Crippen LogP contribution in [0, 0.1) is 5.92 Å². The van der Waals surface area contributed by atoms with Crippen molar-refractivity contribution >= 4 is 11.3 Å². The Morgan fingerprint density at radius 3 is 2.65 bits per heavy atom. The van der Waals surface area contributed by atoms with Crippen molar-refractivity contribution in [2.24, 2.45) is 5.92 Å². The molecule has 0 saturated carbocycles. The molecule has 20 heavy (non-hydrogen) atoms. The van der Waals surface area contributed by atoms with Gasteiger partial charge in [0.25, 0.3) is 0 Å². The highest BCUT2D eigenvalue weighted by Gasteiger charge is 2.24. The fourth-order valence-corrected chi connectivity index (χ4v) is 2.65. The van der Waals surface area contributed by atoms with Gasteiger partial charge in [0.2, 0.25) is 0 Å². The third-order valence-electron chi connectivity index (χ3n) is 3.61. The summed E-state index contributed by atoms with van der Waals surface area (Å²) in [6.07, 6.45) is 1.91. The summed E-state index contributed by atoms with van der Waals surface area (Å²) < 4.78 is 0. The zero-order valence-electron chi connectivity index (χ0n) is 12.3. The normalized spacial score (nSPS) is 14.4. The van der Waals surface area contributed by atoms with Crippen LogP contribution < -0.4 is 5.32 Å². The summed E-state index contributed by atoms with van der Waals surface area (Å²) in [6.45, 7) is 7.18. The Hall–Kier alpha value is -1.23. The van der Waals surface area contributed by atoms with Crippen LogP contribution in [0.15, 0.2) is 36.5 Å². The van der Waals surface area contributed by atoms with Gasteiger partial charge >= 0.3 is 0 Å². The lowest BCUT2D eigenvalue weighted by atomic mass is 9.93. The highest BCUT2D eigenvalue weighted by Crippen LogP contribution is 2.25. The monoisotopic (exact) mass is 290 g/mol. The summed E-state index contributed by atoms with van der Waals surface area (Å²) >= 11 is 1.69. The van der Waals surface area contributed by atoms with Crippen LogP contribution in [-0.2, 0) is 6.54 Å². The van der Waals surface area contributed by atoms with Crippen LogP contribution >= 0.6 is 11.3 Å². The van der Waals surface area contributed by atoms with Gasteiger partial charge in [-0.15, -0.1) is 11.3 Å². The standard InChI is InChI=1S/C16H22N2OS/c1-12(2)16(3,19)11-17-10-15-18-9-14(20-15)13-7-5-4-6-8-13/h4-9,12,17,19H,10-11H2,1-3H3. The summed E-state index contributed by atoms with van der Waals surface area (Å²) in [6, 6.07) is 10.3. The van der Waals surface area contributed by atoms with Crippen LogP contribution in [-0.4, -0.2) is 22.2 Å². The lowest BCUT2D eigenvalue weighted by Crippen LogP contribution is -2.41. The zero-order chi connectivity index (χ0) is 14.6. The van der Waals surface area contributed by atoms with E-state index in [-0.39, 0.29) is 5.92 Å². The van der Waals surface area contributed by atoms with Crippen molar-refractivity contribution in [3.05, 3.63) is 41.5 Å². The molecule has 1 aromatic carbocycles. The maximum Gasteiger partial charge on any atom is 0.107 e. The summed E-state index contributed by atoms with van der Waals surface area (Å²) in [5.74, 6) is 0.228. The lowest BCUT2D eigenvalue weighted by Gasteiger charge is -2.27. The number of nitrogens with one attached hydrogen (secondary N) is 1. The van der Waals surface area contributed by atoms with E-state index in [9.17, 15) is 5.11 Å². The van der Waals surface area contributed by atoms with Gasteiger partial charge in [0.05, 0.1) is 10.5 Å². The van der Waals surface area contributed by atoms with Gasteiger partial charge in [-0.2, -0.15) is 0 Å². The molecule has 0 spiro atoms. The molecule has 1 aromatic heterocycles. The summed E-state index contributed by atoms with van der Waals surface area (Å²) in [5.41, 5.74) is 0.518. The first-order chi connectivity index (χ1) is 9.49. The van der Waals surface area contributed by atoms with Gasteiger partial charge in [0.1, 0.15) is 5.01 Å².